The molecule has 1 amide bonds. The number of para-hydroxylation sites is 2. The van der Waals surface area contributed by atoms with Crippen molar-refractivity contribution in [2.45, 2.75) is 0 Å². The fraction of sp³-hybridized carbons (Fsp3) is 0.0769. The molecule has 0 saturated heterocycles. The Labute approximate surface area is 118 Å². The minimum Gasteiger partial charge on any atom is -0.396 e. The van der Waals surface area contributed by atoms with Gasteiger partial charge in [-0.05, 0) is 34.1 Å². The molecule has 19 heavy (non-hydrogen) atoms. The Kier molecular flexibility index (Phi) is 2.87. The van der Waals surface area contributed by atoms with Gasteiger partial charge in [0, 0.05) is 10.7 Å². The number of amides is 1. The van der Waals surface area contributed by atoms with Crippen LogP contribution in [0.25, 0.3) is 0 Å². The molecule has 1 aliphatic heterocycles. The number of nitrogens with two attached hydrogens (primary N) is 1. The molecular weight excluding hydrogens is 308 g/mol. The SMILES string of the molecule is Nc1cc(Br)cnc1N1CC(=O)Nc2ccccc21. The summed E-state index contributed by atoms with van der Waals surface area (Å²) in [5.41, 5.74) is 8.17. The molecule has 1 aliphatic rings. The number of carbonyl (C=O) groups is 1. The summed E-state index contributed by atoms with van der Waals surface area (Å²) < 4.78 is 0.809. The summed E-state index contributed by atoms with van der Waals surface area (Å²) in [7, 11) is 0. The standard InChI is InChI=1S/C13H11BrN4O/c14-8-5-9(15)13(16-6-8)18-7-12(19)17-10-3-1-2-4-11(10)18/h1-6H,7,15H2,(H,17,19). The van der Waals surface area contributed by atoms with Gasteiger partial charge in [-0.2, -0.15) is 0 Å². The highest BCUT2D eigenvalue weighted by atomic mass is 79.9. The highest BCUT2D eigenvalue weighted by Gasteiger charge is 2.24. The summed E-state index contributed by atoms with van der Waals surface area (Å²) in [6.45, 7) is 0.204. The normalized spacial score (nSPS) is 13.9. The number of pyridine rings is 1. The van der Waals surface area contributed by atoms with Crippen LogP contribution in [0, 0.1) is 0 Å². The molecule has 2 aromatic rings. The van der Waals surface area contributed by atoms with Gasteiger partial charge in [-0.25, -0.2) is 4.98 Å². The van der Waals surface area contributed by atoms with Crippen molar-refractivity contribution in [3.05, 3.63) is 41.0 Å². The maximum Gasteiger partial charge on any atom is 0.244 e. The summed E-state index contributed by atoms with van der Waals surface area (Å²) in [6, 6.07) is 9.35. The lowest BCUT2D eigenvalue weighted by Crippen LogP contribution is -2.35. The first-order chi connectivity index (χ1) is 9.15. The molecule has 96 valence electrons. The van der Waals surface area contributed by atoms with E-state index >= 15 is 0 Å². The van der Waals surface area contributed by atoms with Crippen molar-refractivity contribution in [3.63, 3.8) is 0 Å². The van der Waals surface area contributed by atoms with Crippen molar-refractivity contribution < 1.29 is 4.79 Å². The third kappa shape index (κ3) is 2.15. The Balaban J connectivity index is 2.12. The summed E-state index contributed by atoms with van der Waals surface area (Å²) >= 11 is 3.32. The van der Waals surface area contributed by atoms with E-state index < -0.39 is 0 Å². The summed E-state index contributed by atoms with van der Waals surface area (Å²) in [5.74, 6) is 0.508. The van der Waals surface area contributed by atoms with E-state index in [-0.39, 0.29) is 12.5 Å². The van der Waals surface area contributed by atoms with Crippen LogP contribution in [0.1, 0.15) is 0 Å². The predicted octanol–water partition coefficient (Wildman–Crippen LogP) is 2.52. The molecule has 0 radical (unpaired) electrons. The quantitative estimate of drug-likeness (QED) is 0.847. The summed E-state index contributed by atoms with van der Waals surface area (Å²) in [6.07, 6.45) is 1.67. The second kappa shape index (κ2) is 4.55. The second-order valence-electron chi connectivity index (χ2n) is 4.22. The van der Waals surface area contributed by atoms with Crippen molar-refractivity contribution >= 4 is 44.7 Å². The fourth-order valence-electron chi connectivity index (χ4n) is 2.10. The van der Waals surface area contributed by atoms with Crippen molar-refractivity contribution in [2.75, 3.05) is 22.5 Å². The van der Waals surface area contributed by atoms with Crippen LogP contribution in [0.5, 0.6) is 0 Å². The summed E-state index contributed by atoms with van der Waals surface area (Å²) in [5, 5.41) is 2.83. The van der Waals surface area contributed by atoms with Crippen LogP contribution in [0.3, 0.4) is 0 Å². The topological polar surface area (TPSA) is 71.2 Å². The van der Waals surface area contributed by atoms with Crippen LogP contribution in [0.4, 0.5) is 22.9 Å². The van der Waals surface area contributed by atoms with Gasteiger partial charge in [0.2, 0.25) is 5.91 Å². The van der Waals surface area contributed by atoms with E-state index in [0.29, 0.717) is 11.5 Å². The van der Waals surface area contributed by atoms with Gasteiger partial charge < -0.3 is 16.0 Å². The van der Waals surface area contributed by atoms with E-state index in [9.17, 15) is 4.79 Å². The van der Waals surface area contributed by atoms with Gasteiger partial charge in [-0.15, -0.1) is 0 Å². The summed E-state index contributed by atoms with van der Waals surface area (Å²) in [4.78, 5) is 17.9. The molecule has 0 atom stereocenters. The van der Waals surface area contributed by atoms with Crippen LogP contribution in [0.15, 0.2) is 41.0 Å². The highest BCUT2D eigenvalue weighted by molar-refractivity contribution is 9.10. The minimum absolute atomic E-state index is 0.0807. The molecule has 2 heterocycles. The first kappa shape index (κ1) is 12.0. The number of fused-ring (bicyclic) bond motifs is 1. The number of aromatic nitrogens is 1. The van der Waals surface area contributed by atoms with Gasteiger partial charge in [0.1, 0.15) is 6.54 Å². The Hall–Kier alpha value is -2.08. The Morgan fingerprint density at radius 3 is 2.95 bits per heavy atom. The fourth-order valence-corrected chi connectivity index (χ4v) is 2.44. The van der Waals surface area contributed by atoms with Gasteiger partial charge >= 0.3 is 0 Å². The molecule has 0 bridgehead atoms. The number of hydrogen-bond donors (Lipinski definition) is 2. The van der Waals surface area contributed by atoms with E-state index in [1.54, 1.807) is 12.3 Å². The van der Waals surface area contributed by atoms with E-state index in [2.05, 4.69) is 26.2 Å². The van der Waals surface area contributed by atoms with Crippen molar-refractivity contribution in [3.8, 4) is 0 Å². The van der Waals surface area contributed by atoms with Crippen molar-refractivity contribution in [1.82, 2.24) is 4.98 Å². The lowest BCUT2D eigenvalue weighted by atomic mass is 10.2. The lowest BCUT2D eigenvalue weighted by molar-refractivity contribution is -0.115. The molecule has 0 unspecified atom stereocenters. The zero-order chi connectivity index (χ0) is 13.4. The van der Waals surface area contributed by atoms with Crippen LogP contribution in [-0.2, 0) is 4.79 Å². The molecule has 1 aromatic heterocycles. The zero-order valence-corrected chi connectivity index (χ0v) is 11.5. The van der Waals surface area contributed by atoms with Crippen LogP contribution < -0.4 is 16.0 Å². The van der Waals surface area contributed by atoms with Crippen molar-refractivity contribution in [2.24, 2.45) is 0 Å². The number of rotatable bonds is 1. The third-order valence-corrected chi connectivity index (χ3v) is 3.32. The zero-order valence-electron chi connectivity index (χ0n) is 9.93. The molecule has 5 nitrogen and oxygen atoms in total. The smallest absolute Gasteiger partial charge is 0.244 e. The Bertz CT molecular complexity index is 659. The number of carbonyl (C=O) groups excluding carboxylic acids is 1. The van der Waals surface area contributed by atoms with Gasteiger partial charge in [0.05, 0.1) is 17.1 Å². The number of anilines is 4. The van der Waals surface area contributed by atoms with Gasteiger partial charge in [-0.3, -0.25) is 4.79 Å². The molecule has 6 heteroatoms. The average Bonchev–Trinajstić information content (AvgIpc) is 2.38. The number of halogens is 1. The van der Waals surface area contributed by atoms with E-state index in [1.165, 1.54) is 0 Å². The molecule has 0 spiro atoms. The van der Waals surface area contributed by atoms with Crippen molar-refractivity contribution in [1.29, 1.82) is 0 Å². The minimum atomic E-state index is -0.0807. The Morgan fingerprint density at radius 2 is 2.16 bits per heavy atom. The number of nitrogen functional groups attached to an aromatic ring is 1. The molecule has 1 aromatic carbocycles. The highest BCUT2D eigenvalue weighted by Crippen LogP contribution is 2.36. The molecule has 3 rings (SSSR count). The molecule has 0 fully saturated rings. The van der Waals surface area contributed by atoms with Crippen LogP contribution in [0.2, 0.25) is 0 Å². The van der Waals surface area contributed by atoms with Crippen LogP contribution in [-0.4, -0.2) is 17.4 Å². The second-order valence-corrected chi connectivity index (χ2v) is 5.13. The Morgan fingerprint density at radius 1 is 1.37 bits per heavy atom. The van der Waals surface area contributed by atoms with Gasteiger partial charge in [0.15, 0.2) is 5.82 Å². The first-order valence-electron chi connectivity index (χ1n) is 5.72. The monoisotopic (exact) mass is 318 g/mol. The number of hydrogen-bond acceptors (Lipinski definition) is 4. The number of benzene rings is 1. The number of nitrogens with one attached hydrogen (secondary N) is 1. The third-order valence-electron chi connectivity index (χ3n) is 2.89. The van der Waals surface area contributed by atoms with Crippen LogP contribution >= 0.6 is 15.9 Å². The maximum atomic E-state index is 11.8. The van der Waals surface area contributed by atoms with E-state index in [4.69, 9.17) is 5.73 Å². The predicted molar refractivity (Wildman–Crippen MR) is 78.4 cm³/mol. The van der Waals surface area contributed by atoms with Gasteiger partial charge in [-0.1, -0.05) is 12.1 Å². The molecule has 0 aliphatic carbocycles. The lowest BCUT2D eigenvalue weighted by Gasteiger charge is -2.30. The largest absolute Gasteiger partial charge is 0.396 e. The maximum absolute atomic E-state index is 11.8. The molecule has 3 N–H and O–H groups in total. The first-order valence-corrected chi connectivity index (χ1v) is 6.52. The van der Waals surface area contributed by atoms with Gasteiger partial charge in [0.25, 0.3) is 0 Å². The average molecular weight is 319 g/mol. The van der Waals surface area contributed by atoms with E-state index in [0.717, 1.165) is 15.8 Å². The number of nitrogens with zero attached hydrogens (tertiary/aromatic N) is 2. The molecular formula is C13H11BrN4O. The van der Waals surface area contributed by atoms with E-state index in [1.807, 2.05) is 29.2 Å². The molecule has 0 saturated carbocycles.